The Labute approximate surface area is 342 Å². The SMILES string of the molecule is COc1cc2c(cc1OCc1cc(COc3cc4c(cc3OC)C(=O)N3c5ccccc5C[C@H]3C=N4)cc(OC(C)(C)CCO)c1)N=C[C@@H]1Cc3ccccc3N1C2=O. The highest BCUT2D eigenvalue weighted by Crippen LogP contribution is 2.43. The molecular formula is C47H44N4O8. The molecule has 0 aliphatic carbocycles. The summed E-state index contributed by atoms with van der Waals surface area (Å²) in [5, 5.41) is 9.71. The van der Waals surface area contributed by atoms with Crippen LogP contribution in [0.5, 0.6) is 28.7 Å². The minimum absolute atomic E-state index is 0.0337. The van der Waals surface area contributed by atoms with Crippen molar-refractivity contribution in [3.63, 3.8) is 0 Å². The predicted octanol–water partition coefficient (Wildman–Crippen LogP) is 7.98. The zero-order valence-electron chi connectivity index (χ0n) is 33.3. The fraction of sp³-hybridized carbons (Fsp3) is 0.277. The molecule has 9 rings (SSSR count). The molecule has 1 N–H and O–H groups in total. The van der Waals surface area contributed by atoms with E-state index in [0.717, 1.165) is 33.6 Å². The Morgan fingerprint density at radius 3 is 1.59 bits per heavy atom. The van der Waals surface area contributed by atoms with Gasteiger partial charge in [0.15, 0.2) is 23.0 Å². The molecule has 2 amide bonds. The Kier molecular flexibility index (Phi) is 9.80. The highest BCUT2D eigenvalue weighted by Gasteiger charge is 2.38. The lowest BCUT2D eigenvalue weighted by Crippen LogP contribution is -2.37. The normalized spacial score (nSPS) is 17.2. The first-order valence-electron chi connectivity index (χ1n) is 19.7. The van der Waals surface area contributed by atoms with E-state index in [4.69, 9.17) is 33.7 Å². The number of methoxy groups -OCH3 is 2. The third-order valence-corrected chi connectivity index (χ3v) is 11.2. The van der Waals surface area contributed by atoms with E-state index in [9.17, 15) is 14.7 Å². The standard InChI is InChI=1S/C47H44N4O8/c1-47(2,13-14-52)59-34-16-28(26-57-43-22-37-35(20-41(43)55-3)45(53)50-32(24-48-37)18-30-9-5-7-11-39(30)50)15-29(17-34)27-58-44-23-38-36(21-42(44)56-4)46(54)51-33(25-49-38)19-31-10-6-8-12-40(31)51/h5-12,15-17,20-25,32-33,52H,13-14,18-19,26-27H2,1-4H3/t32-,33-/m0/s1. The lowest BCUT2D eigenvalue weighted by molar-refractivity contribution is 0.0761. The molecule has 0 radical (unpaired) electrons. The third kappa shape index (κ3) is 7.14. The highest BCUT2D eigenvalue weighted by molar-refractivity contribution is 6.15. The van der Waals surface area contributed by atoms with Crippen LogP contribution in [0, 0.1) is 0 Å². The van der Waals surface area contributed by atoms with Crippen molar-refractivity contribution in [3.8, 4) is 28.7 Å². The fourth-order valence-corrected chi connectivity index (χ4v) is 8.29. The number of anilines is 2. The molecule has 4 aliphatic heterocycles. The molecule has 300 valence electrons. The molecule has 12 nitrogen and oxygen atoms in total. The Balaban J connectivity index is 0.976. The number of carbonyl (C=O) groups excluding carboxylic acids is 2. The number of hydrogen-bond donors (Lipinski definition) is 1. The summed E-state index contributed by atoms with van der Waals surface area (Å²) in [4.78, 5) is 41.0. The van der Waals surface area contributed by atoms with Crippen LogP contribution in [0.15, 0.2) is 101 Å². The minimum atomic E-state index is -0.661. The summed E-state index contributed by atoms with van der Waals surface area (Å²) in [7, 11) is 3.08. The van der Waals surface area contributed by atoms with Gasteiger partial charge in [0.25, 0.3) is 11.8 Å². The smallest absolute Gasteiger partial charge is 0.261 e. The molecule has 0 unspecified atom stereocenters. The van der Waals surface area contributed by atoms with Crippen molar-refractivity contribution < 1.29 is 38.4 Å². The summed E-state index contributed by atoms with van der Waals surface area (Å²) >= 11 is 0. The summed E-state index contributed by atoms with van der Waals surface area (Å²) in [6.45, 7) is 4.05. The molecule has 0 spiro atoms. The summed E-state index contributed by atoms with van der Waals surface area (Å²) < 4.78 is 30.7. The zero-order valence-corrected chi connectivity index (χ0v) is 33.3. The predicted molar refractivity (Wildman–Crippen MR) is 225 cm³/mol. The van der Waals surface area contributed by atoms with Gasteiger partial charge in [-0.15, -0.1) is 0 Å². The number of carbonyl (C=O) groups is 2. The topological polar surface area (TPSA) is 132 Å². The second-order valence-corrected chi connectivity index (χ2v) is 15.6. The third-order valence-electron chi connectivity index (χ3n) is 11.2. The summed E-state index contributed by atoms with van der Waals surface area (Å²) in [5.74, 6) is 1.94. The largest absolute Gasteiger partial charge is 0.493 e. The average molecular weight is 793 g/mol. The van der Waals surface area contributed by atoms with Gasteiger partial charge in [0.2, 0.25) is 0 Å². The highest BCUT2D eigenvalue weighted by atomic mass is 16.5. The molecule has 2 atom stereocenters. The Morgan fingerprint density at radius 2 is 1.14 bits per heavy atom. The van der Waals surface area contributed by atoms with Crippen LogP contribution in [0.2, 0.25) is 0 Å². The summed E-state index contributed by atoms with van der Waals surface area (Å²) in [5.41, 5.74) is 6.75. The number of benzene rings is 5. The maximum Gasteiger partial charge on any atom is 0.261 e. The van der Waals surface area contributed by atoms with Crippen molar-refractivity contribution in [1.29, 1.82) is 0 Å². The maximum atomic E-state index is 13.9. The quantitative estimate of drug-likeness (QED) is 0.135. The molecule has 12 heteroatoms. The second kappa shape index (κ2) is 15.3. The Bertz CT molecular complexity index is 2390. The van der Waals surface area contributed by atoms with Gasteiger partial charge in [0.1, 0.15) is 24.6 Å². The van der Waals surface area contributed by atoms with Gasteiger partial charge in [-0.2, -0.15) is 0 Å². The number of aliphatic hydroxyl groups excluding tert-OH is 1. The van der Waals surface area contributed by atoms with E-state index in [1.165, 1.54) is 0 Å². The molecule has 59 heavy (non-hydrogen) atoms. The van der Waals surface area contributed by atoms with E-state index in [1.54, 1.807) is 48.3 Å². The summed E-state index contributed by atoms with van der Waals surface area (Å²) in [6.07, 6.45) is 5.46. The molecule has 0 saturated heterocycles. The van der Waals surface area contributed by atoms with Gasteiger partial charge in [0.05, 0.1) is 48.8 Å². The first-order chi connectivity index (χ1) is 28.6. The van der Waals surface area contributed by atoms with Crippen molar-refractivity contribution in [2.75, 3.05) is 30.6 Å². The maximum absolute atomic E-state index is 13.9. The Morgan fingerprint density at radius 1 is 0.661 bits per heavy atom. The molecule has 4 aliphatic rings. The number of amides is 2. The molecule has 5 aromatic rings. The van der Waals surface area contributed by atoms with Gasteiger partial charge in [-0.05, 0) is 78.6 Å². The van der Waals surface area contributed by atoms with Crippen molar-refractivity contribution in [2.45, 2.75) is 64.0 Å². The molecule has 5 aromatic carbocycles. The van der Waals surface area contributed by atoms with Crippen molar-refractivity contribution >= 4 is 47.0 Å². The molecule has 0 fully saturated rings. The van der Waals surface area contributed by atoms with Crippen molar-refractivity contribution in [2.24, 2.45) is 9.98 Å². The van der Waals surface area contributed by atoms with Crippen molar-refractivity contribution in [1.82, 2.24) is 0 Å². The first-order valence-corrected chi connectivity index (χ1v) is 19.7. The van der Waals surface area contributed by atoms with Gasteiger partial charge >= 0.3 is 0 Å². The number of nitrogens with zero attached hydrogens (tertiary/aromatic N) is 4. The molecule has 4 heterocycles. The van der Waals surface area contributed by atoms with E-state index in [0.29, 0.717) is 70.5 Å². The minimum Gasteiger partial charge on any atom is -0.493 e. The fourth-order valence-electron chi connectivity index (χ4n) is 8.29. The zero-order chi connectivity index (χ0) is 40.8. The molecule has 0 bridgehead atoms. The van der Waals surface area contributed by atoms with Crippen LogP contribution in [-0.4, -0.2) is 67.9 Å². The van der Waals surface area contributed by atoms with Crippen LogP contribution in [0.3, 0.4) is 0 Å². The number of aliphatic imine (C=N–C) groups is 2. The van der Waals surface area contributed by atoms with Gasteiger partial charge in [-0.3, -0.25) is 29.4 Å². The van der Waals surface area contributed by atoms with Gasteiger partial charge < -0.3 is 28.8 Å². The number of ether oxygens (including phenoxy) is 5. The van der Waals surface area contributed by atoms with Crippen LogP contribution >= 0.6 is 0 Å². The van der Waals surface area contributed by atoms with Crippen LogP contribution in [-0.2, 0) is 26.1 Å². The number of hydrogen-bond acceptors (Lipinski definition) is 10. The van der Waals surface area contributed by atoms with E-state index < -0.39 is 5.60 Å². The molecule has 0 aromatic heterocycles. The van der Waals surface area contributed by atoms with Gasteiger partial charge in [0, 0.05) is 61.8 Å². The number of rotatable bonds is 12. The lowest BCUT2D eigenvalue weighted by atomic mass is 10.1. The van der Waals surface area contributed by atoms with E-state index in [-0.39, 0.29) is 43.7 Å². The number of aliphatic hydroxyl groups is 1. The lowest BCUT2D eigenvalue weighted by Gasteiger charge is -2.26. The average Bonchev–Trinajstić information content (AvgIpc) is 3.72. The van der Waals surface area contributed by atoms with E-state index in [2.05, 4.69) is 0 Å². The second-order valence-electron chi connectivity index (χ2n) is 15.6. The van der Waals surface area contributed by atoms with E-state index in [1.807, 2.05) is 93.0 Å². The van der Waals surface area contributed by atoms with Crippen LogP contribution in [0.1, 0.15) is 63.2 Å². The van der Waals surface area contributed by atoms with Crippen LogP contribution < -0.4 is 33.5 Å². The van der Waals surface area contributed by atoms with Crippen LogP contribution in [0.25, 0.3) is 0 Å². The summed E-state index contributed by atoms with van der Waals surface area (Å²) in [6, 6.07) is 28.1. The van der Waals surface area contributed by atoms with Gasteiger partial charge in [-0.25, -0.2) is 0 Å². The Hall–Kier alpha value is -6.66. The molecule has 0 saturated carbocycles. The van der Waals surface area contributed by atoms with E-state index >= 15 is 0 Å². The first kappa shape index (κ1) is 37.9. The molecular weight excluding hydrogens is 749 g/mol. The number of fused-ring (bicyclic) bond motifs is 8. The van der Waals surface area contributed by atoms with Gasteiger partial charge in [-0.1, -0.05) is 36.4 Å². The number of para-hydroxylation sites is 2. The van der Waals surface area contributed by atoms with Crippen LogP contribution in [0.4, 0.5) is 22.7 Å². The monoisotopic (exact) mass is 792 g/mol. The van der Waals surface area contributed by atoms with Crippen molar-refractivity contribution in [3.05, 3.63) is 124 Å².